The van der Waals surface area contributed by atoms with E-state index in [0.29, 0.717) is 19.4 Å². The van der Waals surface area contributed by atoms with Crippen LogP contribution in [-0.2, 0) is 11.2 Å². The van der Waals surface area contributed by atoms with Crippen molar-refractivity contribution in [2.24, 2.45) is 0 Å². The van der Waals surface area contributed by atoms with Crippen molar-refractivity contribution in [1.82, 2.24) is 5.32 Å². The summed E-state index contributed by atoms with van der Waals surface area (Å²) in [7, 11) is 0. The fourth-order valence-corrected chi connectivity index (χ4v) is 2.43. The fraction of sp³-hybridized carbons (Fsp3) is 0.278. The first-order chi connectivity index (χ1) is 10.6. The Morgan fingerprint density at radius 1 is 1.18 bits per heavy atom. The van der Waals surface area contributed by atoms with Crippen molar-refractivity contribution in [2.45, 2.75) is 25.7 Å². The maximum Gasteiger partial charge on any atom is 0.227 e. The molecule has 0 aliphatic carbocycles. The summed E-state index contributed by atoms with van der Waals surface area (Å²) in [6.45, 7) is 2.38. The summed E-state index contributed by atoms with van der Waals surface area (Å²) >= 11 is 0. The number of hydrogen-bond donors (Lipinski definition) is 2. The van der Waals surface area contributed by atoms with Gasteiger partial charge in [-0.25, -0.2) is 4.39 Å². The molecule has 0 heterocycles. The van der Waals surface area contributed by atoms with Crippen LogP contribution in [0.5, 0.6) is 5.75 Å². The molecule has 22 heavy (non-hydrogen) atoms. The van der Waals surface area contributed by atoms with Crippen molar-refractivity contribution in [3.05, 3.63) is 65.5 Å². The van der Waals surface area contributed by atoms with Gasteiger partial charge >= 0.3 is 0 Å². The minimum Gasteiger partial charge on any atom is -0.508 e. The van der Waals surface area contributed by atoms with Crippen molar-refractivity contribution in [2.75, 3.05) is 6.54 Å². The van der Waals surface area contributed by atoms with Gasteiger partial charge < -0.3 is 10.4 Å². The van der Waals surface area contributed by atoms with E-state index in [2.05, 4.69) is 5.32 Å². The normalized spacial score (nSPS) is 11.9. The molecular weight excluding hydrogens is 281 g/mol. The van der Waals surface area contributed by atoms with E-state index in [-0.39, 0.29) is 23.4 Å². The number of para-hydroxylation sites is 1. The predicted octanol–water partition coefficient (Wildman–Crippen LogP) is 3.38. The van der Waals surface area contributed by atoms with Gasteiger partial charge in [0.05, 0.1) is 5.92 Å². The number of hydrogen-bond acceptors (Lipinski definition) is 2. The molecule has 0 aliphatic rings. The van der Waals surface area contributed by atoms with E-state index in [1.807, 2.05) is 19.1 Å². The second-order valence-corrected chi connectivity index (χ2v) is 5.18. The van der Waals surface area contributed by atoms with Gasteiger partial charge in [-0.15, -0.1) is 0 Å². The summed E-state index contributed by atoms with van der Waals surface area (Å²) in [6.07, 6.45) is 1.21. The summed E-state index contributed by atoms with van der Waals surface area (Å²) < 4.78 is 13.0. The van der Waals surface area contributed by atoms with E-state index >= 15 is 0 Å². The highest BCUT2D eigenvalue weighted by Crippen LogP contribution is 2.20. The van der Waals surface area contributed by atoms with Gasteiger partial charge in [0.2, 0.25) is 5.91 Å². The Hall–Kier alpha value is -2.36. The largest absolute Gasteiger partial charge is 0.508 e. The lowest BCUT2D eigenvalue weighted by atomic mass is 9.95. The van der Waals surface area contributed by atoms with Gasteiger partial charge in [-0.05, 0) is 42.2 Å². The third-order valence-corrected chi connectivity index (χ3v) is 3.68. The molecule has 0 aromatic heterocycles. The van der Waals surface area contributed by atoms with Gasteiger partial charge in [0.15, 0.2) is 0 Å². The lowest BCUT2D eigenvalue weighted by Gasteiger charge is -2.15. The van der Waals surface area contributed by atoms with Crippen molar-refractivity contribution in [3.63, 3.8) is 0 Å². The Morgan fingerprint density at radius 2 is 1.86 bits per heavy atom. The molecule has 0 radical (unpaired) electrons. The molecular formula is C18H20FNO2. The number of phenolic OH excluding ortho intramolecular Hbond substituents is 1. The van der Waals surface area contributed by atoms with E-state index in [1.165, 1.54) is 12.1 Å². The molecule has 4 heteroatoms. The van der Waals surface area contributed by atoms with E-state index in [4.69, 9.17) is 0 Å². The number of rotatable bonds is 6. The van der Waals surface area contributed by atoms with Crippen LogP contribution < -0.4 is 5.32 Å². The minimum absolute atomic E-state index is 0.0791. The zero-order chi connectivity index (χ0) is 15.9. The van der Waals surface area contributed by atoms with Crippen LogP contribution in [0.2, 0.25) is 0 Å². The Morgan fingerprint density at radius 3 is 2.50 bits per heavy atom. The summed E-state index contributed by atoms with van der Waals surface area (Å²) in [5, 5.41) is 12.6. The Kier molecular flexibility index (Phi) is 5.53. The smallest absolute Gasteiger partial charge is 0.227 e. The topological polar surface area (TPSA) is 49.3 Å². The highest BCUT2D eigenvalue weighted by molar-refractivity contribution is 5.83. The Balaban J connectivity index is 1.93. The standard InChI is InChI=1S/C18H20FNO2/c1-2-16(13-7-9-15(19)10-8-13)18(22)20-12-11-14-5-3-4-6-17(14)21/h3-10,16,21H,2,11-12H2,1H3,(H,20,22). The van der Waals surface area contributed by atoms with Crippen LogP contribution >= 0.6 is 0 Å². The minimum atomic E-state index is -0.307. The molecule has 0 fully saturated rings. The number of nitrogens with one attached hydrogen (secondary N) is 1. The predicted molar refractivity (Wildman–Crippen MR) is 84.3 cm³/mol. The number of phenols is 1. The molecule has 0 aliphatic heterocycles. The number of halogens is 1. The van der Waals surface area contributed by atoms with Crippen molar-refractivity contribution in [3.8, 4) is 5.75 Å². The highest BCUT2D eigenvalue weighted by Gasteiger charge is 2.18. The van der Waals surface area contributed by atoms with Gasteiger partial charge in [-0.1, -0.05) is 37.3 Å². The van der Waals surface area contributed by atoms with Crippen molar-refractivity contribution >= 4 is 5.91 Å². The lowest BCUT2D eigenvalue weighted by Crippen LogP contribution is -2.30. The van der Waals surface area contributed by atoms with Crippen LogP contribution in [-0.4, -0.2) is 17.6 Å². The lowest BCUT2D eigenvalue weighted by molar-refractivity contribution is -0.122. The number of benzene rings is 2. The van der Waals surface area contributed by atoms with Crippen LogP contribution in [0, 0.1) is 5.82 Å². The van der Waals surface area contributed by atoms with E-state index < -0.39 is 0 Å². The van der Waals surface area contributed by atoms with Crippen LogP contribution in [0.15, 0.2) is 48.5 Å². The van der Waals surface area contributed by atoms with Crippen molar-refractivity contribution in [1.29, 1.82) is 0 Å². The maximum absolute atomic E-state index is 13.0. The molecule has 0 saturated carbocycles. The van der Waals surface area contributed by atoms with Crippen molar-refractivity contribution < 1.29 is 14.3 Å². The summed E-state index contributed by atoms with van der Waals surface area (Å²) in [5.74, 6) is -0.435. The van der Waals surface area contributed by atoms with Gasteiger partial charge in [-0.3, -0.25) is 4.79 Å². The molecule has 2 N–H and O–H groups in total. The molecule has 0 spiro atoms. The first-order valence-electron chi connectivity index (χ1n) is 7.42. The molecule has 3 nitrogen and oxygen atoms in total. The van der Waals surface area contributed by atoms with Crippen LogP contribution in [0.25, 0.3) is 0 Å². The monoisotopic (exact) mass is 301 g/mol. The van der Waals surface area contributed by atoms with Gasteiger partial charge in [0, 0.05) is 6.54 Å². The maximum atomic E-state index is 13.0. The average Bonchev–Trinajstić information content (AvgIpc) is 2.52. The first-order valence-corrected chi connectivity index (χ1v) is 7.42. The van der Waals surface area contributed by atoms with Gasteiger partial charge in [0.25, 0.3) is 0 Å². The molecule has 2 aromatic carbocycles. The SMILES string of the molecule is CCC(C(=O)NCCc1ccccc1O)c1ccc(F)cc1. The number of amides is 1. The Labute approximate surface area is 129 Å². The fourth-order valence-electron chi connectivity index (χ4n) is 2.43. The Bertz CT molecular complexity index is 625. The van der Waals surface area contributed by atoms with Gasteiger partial charge in [-0.2, -0.15) is 0 Å². The molecule has 116 valence electrons. The molecule has 0 saturated heterocycles. The van der Waals surface area contributed by atoms with E-state index in [9.17, 15) is 14.3 Å². The second-order valence-electron chi connectivity index (χ2n) is 5.18. The zero-order valence-electron chi connectivity index (χ0n) is 12.6. The summed E-state index contributed by atoms with van der Waals surface area (Å²) in [6, 6.07) is 13.1. The second kappa shape index (κ2) is 7.59. The van der Waals surface area contributed by atoms with E-state index in [1.54, 1.807) is 24.3 Å². The summed E-state index contributed by atoms with van der Waals surface area (Å²) in [5.41, 5.74) is 1.61. The molecule has 2 rings (SSSR count). The average molecular weight is 301 g/mol. The molecule has 0 bridgehead atoms. The molecule has 1 amide bonds. The van der Waals surface area contributed by atoms with Gasteiger partial charge in [0.1, 0.15) is 11.6 Å². The quantitative estimate of drug-likeness (QED) is 0.859. The molecule has 2 aromatic rings. The number of carbonyl (C=O) groups excluding carboxylic acids is 1. The van der Waals surface area contributed by atoms with Crippen LogP contribution in [0.4, 0.5) is 4.39 Å². The zero-order valence-corrected chi connectivity index (χ0v) is 12.6. The van der Waals surface area contributed by atoms with Crippen LogP contribution in [0.1, 0.15) is 30.4 Å². The van der Waals surface area contributed by atoms with E-state index in [0.717, 1.165) is 11.1 Å². The number of carbonyl (C=O) groups is 1. The first kappa shape index (κ1) is 16.0. The number of aromatic hydroxyl groups is 1. The highest BCUT2D eigenvalue weighted by atomic mass is 19.1. The van der Waals surface area contributed by atoms with Crippen LogP contribution in [0.3, 0.4) is 0 Å². The third-order valence-electron chi connectivity index (χ3n) is 3.68. The molecule has 1 atom stereocenters. The third kappa shape index (κ3) is 4.07. The summed E-state index contributed by atoms with van der Waals surface area (Å²) in [4.78, 5) is 12.3. The molecule has 1 unspecified atom stereocenters.